The van der Waals surface area contributed by atoms with Crippen molar-refractivity contribution in [3.05, 3.63) is 11.6 Å². The van der Waals surface area contributed by atoms with Crippen molar-refractivity contribution in [2.75, 3.05) is 0 Å². The Morgan fingerprint density at radius 3 is 2.25 bits per heavy atom. The summed E-state index contributed by atoms with van der Waals surface area (Å²) in [6.07, 6.45) is 4.69. The lowest BCUT2D eigenvalue weighted by Gasteiger charge is -1.87. The van der Waals surface area contributed by atoms with Crippen LogP contribution in [-0.4, -0.2) is 6.29 Å². The minimum atomic E-state index is 0.858. The van der Waals surface area contributed by atoms with Crippen LogP contribution in [0.2, 0.25) is 0 Å². The molecule has 0 fully saturated rings. The zero-order valence-electron chi connectivity index (χ0n) is 5.48. The lowest BCUT2D eigenvalue weighted by Crippen LogP contribution is -1.79. The second-order valence-electron chi connectivity index (χ2n) is 1.66. The van der Waals surface area contributed by atoms with Crippen LogP contribution in [0.4, 0.5) is 0 Å². The second-order valence-corrected chi connectivity index (χ2v) is 1.66. The standard InChI is InChI=1S/C7H12O/c1-3-5-7(4-2)6-8/h5-6H,3-4H2,1-2H3. The minimum absolute atomic E-state index is 0.858. The molecule has 0 aromatic rings. The van der Waals surface area contributed by atoms with E-state index in [4.69, 9.17) is 0 Å². The van der Waals surface area contributed by atoms with Crippen LogP contribution < -0.4 is 0 Å². The van der Waals surface area contributed by atoms with E-state index < -0.39 is 0 Å². The third kappa shape index (κ3) is 2.56. The van der Waals surface area contributed by atoms with Crippen LogP contribution >= 0.6 is 0 Å². The number of aldehydes is 1. The zero-order chi connectivity index (χ0) is 6.41. The third-order valence-electron chi connectivity index (χ3n) is 1.03. The Hall–Kier alpha value is -0.590. The summed E-state index contributed by atoms with van der Waals surface area (Å²) in [6, 6.07) is 0. The fraction of sp³-hybridized carbons (Fsp3) is 0.571. The Labute approximate surface area is 50.4 Å². The third-order valence-corrected chi connectivity index (χ3v) is 1.03. The second kappa shape index (κ2) is 4.57. The Bertz CT molecular complexity index is 92.6. The van der Waals surface area contributed by atoms with E-state index in [0.717, 1.165) is 24.7 Å². The Morgan fingerprint density at radius 1 is 1.50 bits per heavy atom. The van der Waals surface area contributed by atoms with E-state index in [1.54, 1.807) is 0 Å². The molecule has 0 N–H and O–H groups in total. The molecule has 8 heavy (non-hydrogen) atoms. The van der Waals surface area contributed by atoms with E-state index in [9.17, 15) is 4.79 Å². The normalized spacial score (nSPS) is 11.5. The first-order valence-corrected chi connectivity index (χ1v) is 2.99. The number of hydrogen-bond acceptors (Lipinski definition) is 1. The van der Waals surface area contributed by atoms with Crippen molar-refractivity contribution in [3.8, 4) is 0 Å². The van der Waals surface area contributed by atoms with Crippen molar-refractivity contribution >= 4 is 6.29 Å². The molecule has 0 rings (SSSR count). The molecular formula is C7H12O. The molecule has 0 unspecified atom stereocenters. The molecule has 0 amide bonds. The number of allylic oxidation sites excluding steroid dienone is 2. The van der Waals surface area contributed by atoms with E-state index in [1.807, 2.05) is 19.9 Å². The van der Waals surface area contributed by atoms with Gasteiger partial charge in [-0.15, -0.1) is 0 Å². The molecule has 0 heterocycles. The van der Waals surface area contributed by atoms with Gasteiger partial charge in [-0.1, -0.05) is 19.9 Å². The molecule has 0 spiro atoms. The SMILES string of the molecule is CCC=C(C=O)CC. The van der Waals surface area contributed by atoms with E-state index in [1.165, 1.54) is 0 Å². The van der Waals surface area contributed by atoms with Crippen LogP contribution in [0.15, 0.2) is 11.6 Å². The molecule has 0 saturated heterocycles. The maximum Gasteiger partial charge on any atom is 0.145 e. The number of carbonyl (C=O) groups excluding carboxylic acids is 1. The average molecular weight is 112 g/mol. The van der Waals surface area contributed by atoms with Gasteiger partial charge in [0.05, 0.1) is 0 Å². The molecule has 1 nitrogen and oxygen atoms in total. The van der Waals surface area contributed by atoms with Crippen LogP contribution in [0, 0.1) is 0 Å². The first-order chi connectivity index (χ1) is 3.85. The molecule has 0 bridgehead atoms. The van der Waals surface area contributed by atoms with Crippen molar-refractivity contribution < 1.29 is 4.79 Å². The van der Waals surface area contributed by atoms with Crippen molar-refractivity contribution in [1.29, 1.82) is 0 Å². The van der Waals surface area contributed by atoms with Crippen LogP contribution in [0.5, 0.6) is 0 Å². The lowest BCUT2D eigenvalue weighted by atomic mass is 10.2. The van der Waals surface area contributed by atoms with Gasteiger partial charge in [0.25, 0.3) is 0 Å². The van der Waals surface area contributed by atoms with Gasteiger partial charge in [0, 0.05) is 0 Å². The minimum Gasteiger partial charge on any atom is -0.298 e. The molecule has 0 aromatic carbocycles. The van der Waals surface area contributed by atoms with E-state index in [-0.39, 0.29) is 0 Å². The highest BCUT2D eigenvalue weighted by molar-refractivity contribution is 5.72. The van der Waals surface area contributed by atoms with Crippen molar-refractivity contribution in [3.63, 3.8) is 0 Å². The average Bonchev–Trinajstić information content (AvgIpc) is 1.83. The molecule has 0 atom stereocenters. The first-order valence-electron chi connectivity index (χ1n) is 2.99. The smallest absolute Gasteiger partial charge is 0.145 e. The summed E-state index contributed by atoms with van der Waals surface area (Å²) >= 11 is 0. The lowest BCUT2D eigenvalue weighted by molar-refractivity contribution is -0.105. The highest BCUT2D eigenvalue weighted by atomic mass is 16.1. The number of rotatable bonds is 3. The molecule has 0 aliphatic rings. The van der Waals surface area contributed by atoms with Crippen LogP contribution in [0.1, 0.15) is 26.7 Å². The Balaban J connectivity index is 3.66. The number of hydrogen-bond donors (Lipinski definition) is 0. The highest BCUT2D eigenvalue weighted by Gasteiger charge is 1.84. The van der Waals surface area contributed by atoms with Gasteiger partial charge in [-0.25, -0.2) is 0 Å². The summed E-state index contributed by atoms with van der Waals surface area (Å²) in [5, 5.41) is 0. The van der Waals surface area contributed by atoms with Crippen molar-refractivity contribution in [2.24, 2.45) is 0 Å². The van der Waals surface area contributed by atoms with Crippen molar-refractivity contribution in [2.45, 2.75) is 26.7 Å². The van der Waals surface area contributed by atoms with Gasteiger partial charge in [-0.2, -0.15) is 0 Å². The van der Waals surface area contributed by atoms with Crippen molar-refractivity contribution in [1.82, 2.24) is 0 Å². The Kier molecular flexibility index (Phi) is 4.23. The largest absolute Gasteiger partial charge is 0.298 e. The molecule has 46 valence electrons. The van der Waals surface area contributed by atoms with Crippen LogP contribution in [0.25, 0.3) is 0 Å². The topological polar surface area (TPSA) is 17.1 Å². The van der Waals surface area contributed by atoms with Gasteiger partial charge in [-0.3, -0.25) is 4.79 Å². The molecule has 0 aromatic heterocycles. The molecule has 0 aliphatic carbocycles. The molecule has 0 radical (unpaired) electrons. The molecule has 1 heteroatoms. The quantitative estimate of drug-likeness (QED) is 0.402. The predicted octanol–water partition coefficient (Wildman–Crippen LogP) is 1.93. The maximum absolute atomic E-state index is 10.1. The van der Waals surface area contributed by atoms with Gasteiger partial charge in [-0.05, 0) is 18.4 Å². The zero-order valence-corrected chi connectivity index (χ0v) is 5.48. The van der Waals surface area contributed by atoms with Gasteiger partial charge in [0.1, 0.15) is 6.29 Å². The first kappa shape index (κ1) is 7.41. The summed E-state index contributed by atoms with van der Waals surface area (Å²) in [5.41, 5.74) is 0.910. The Morgan fingerprint density at radius 2 is 2.12 bits per heavy atom. The fourth-order valence-electron chi connectivity index (χ4n) is 0.538. The molecule has 0 saturated carbocycles. The van der Waals surface area contributed by atoms with Crippen LogP contribution in [-0.2, 0) is 4.79 Å². The fourth-order valence-corrected chi connectivity index (χ4v) is 0.538. The molecular weight excluding hydrogens is 100 g/mol. The summed E-state index contributed by atoms with van der Waals surface area (Å²) < 4.78 is 0. The van der Waals surface area contributed by atoms with E-state index in [2.05, 4.69) is 0 Å². The van der Waals surface area contributed by atoms with E-state index >= 15 is 0 Å². The maximum atomic E-state index is 10.1. The van der Waals surface area contributed by atoms with Crippen LogP contribution in [0.3, 0.4) is 0 Å². The predicted molar refractivity (Wildman–Crippen MR) is 34.7 cm³/mol. The van der Waals surface area contributed by atoms with Gasteiger partial charge >= 0.3 is 0 Å². The van der Waals surface area contributed by atoms with Gasteiger partial charge in [0.2, 0.25) is 0 Å². The molecule has 0 aliphatic heterocycles. The summed E-state index contributed by atoms with van der Waals surface area (Å²) in [6.45, 7) is 4.01. The van der Waals surface area contributed by atoms with Gasteiger partial charge < -0.3 is 0 Å². The van der Waals surface area contributed by atoms with E-state index in [0.29, 0.717) is 0 Å². The summed E-state index contributed by atoms with van der Waals surface area (Å²) in [4.78, 5) is 10.1. The van der Waals surface area contributed by atoms with Gasteiger partial charge in [0.15, 0.2) is 0 Å². The monoisotopic (exact) mass is 112 g/mol. The summed E-state index contributed by atoms with van der Waals surface area (Å²) in [7, 11) is 0. The highest BCUT2D eigenvalue weighted by Crippen LogP contribution is 1.96. The number of carbonyl (C=O) groups is 1. The summed E-state index contributed by atoms with van der Waals surface area (Å²) in [5.74, 6) is 0.